The van der Waals surface area contributed by atoms with Gasteiger partial charge in [0.2, 0.25) is 0 Å². The second-order valence-electron chi connectivity index (χ2n) is 11.7. The number of nitrogens with zero attached hydrogens (tertiary/aromatic N) is 2. The minimum Gasteiger partial charge on any atom is -0.381 e. The van der Waals surface area contributed by atoms with Crippen molar-refractivity contribution >= 4 is 15.6 Å². The summed E-state index contributed by atoms with van der Waals surface area (Å²) in [4.78, 5) is 21.5. The summed E-state index contributed by atoms with van der Waals surface area (Å²) in [6.45, 7) is 2.05. The lowest BCUT2D eigenvalue weighted by atomic mass is 9.75. The van der Waals surface area contributed by atoms with E-state index in [9.17, 15) is 17.6 Å². The Hall–Kier alpha value is -3.22. The first-order valence-electron chi connectivity index (χ1n) is 14.1. The van der Waals surface area contributed by atoms with Crippen LogP contribution in [0, 0.1) is 23.4 Å². The second kappa shape index (κ2) is 12.0. The van der Waals surface area contributed by atoms with Crippen LogP contribution in [0.2, 0.25) is 0 Å². The minimum atomic E-state index is -3.35. The SMILES string of the molecule is C[C@H]1C[C@@H](c2ccncc2CC(=O)c2ccc(F)c(-c3c(F)cc(C4(F)CCOCC4)cc3F)n2)C[C@@H](N)[C@H]1S(C)(=O)=O. The molecule has 0 bridgehead atoms. The van der Waals surface area contributed by atoms with Crippen molar-refractivity contribution in [1.29, 1.82) is 0 Å². The Morgan fingerprint density at radius 2 is 1.74 bits per heavy atom. The first kappa shape index (κ1) is 31.2. The molecule has 1 saturated carbocycles. The summed E-state index contributed by atoms with van der Waals surface area (Å²) in [5.41, 5.74) is 3.77. The number of hydrogen-bond donors (Lipinski definition) is 1. The normalized spacial score (nSPS) is 24.1. The van der Waals surface area contributed by atoms with Gasteiger partial charge in [0, 0.05) is 57.2 Å². The number of carbonyl (C=O) groups excluding carboxylic acids is 1. The first-order chi connectivity index (χ1) is 20.3. The molecule has 7 nitrogen and oxygen atoms in total. The number of hydrogen-bond acceptors (Lipinski definition) is 7. The van der Waals surface area contributed by atoms with E-state index >= 15 is 13.2 Å². The lowest BCUT2D eigenvalue weighted by Crippen LogP contribution is -2.48. The van der Waals surface area contributed by atoms with E-state index in [1.807, 2.05) is 6.92 Å². The summed E-state index contributed by atoms with van der Waals surface area (Å²) < 4.78 is 90.4. The Labute approximate surface area is 247 Å². The van der Waals surface area contributed by atoms with Crippen molar-refractivity contribution in [2.24, 2.45) is 11.7 Å². The van der Waals surface area contributed by atoms with Gasteiger partial charge in [-0.3, -0.25) is 9.78 Å². The summed E-state index contributed by atoms with van der Waals surface area (Å²) in [6.07, 6.45) is 4.90. The number of ether oxygens (including phenoxy) is 1. The van der Waals surface area contributed by atoms with Crippen molar-refractivity contribution in [3.8, 4) is 11.3 Å². The van der Waals surface area contributed by atoms with E-state index < -0.39 is 61.3 Å². The molecule has 2 aliphatic rings. The molecule has 2 fully saturated rings. The van der Waals surface area contributed by atoms with Crippen LogP contribution in [0.25, 0.3) is 11.3 Å². The maximum Gasteiger partial charge on any atom is 0.185 e. The van der Waals surface area contributed by atoms with Gasteiger partial charge in [-0.1, -0.05) is 6.92 Å². The maximum absolute atomic E-state index is 15.3. The van der Waals surface area contributed by atoms with Gasteiger partial charge in [0.1, 0.15) is 34.5 Å². The number of nitrogens with two attached hydrogens (primary N) is 1. The Morgan fingerprint density at radius 1 is 1.07 bits per heavy atom. The average Bonchev–Trinajstić information content (AvgIpc) is 2.93. The quantitative estimate of drug-likeness (QED) is 0.285. The van der Waals surface area contributed by atoms with E-state index in [1.54, 1.807) is 12.3 Å². The monoisotopic (exact) mass is 619 g/mol. The van der Waals surface area contributed by atoms with Gasteiger partial charge in [-0.2, -0.15) is 0 Å². The molecular weight excluding hydrogens is 586 g/mol. The topological polar surface area (TPSA) is 112 Å². The van der Waals surface area contributed by atoms with E-state index in [-0.39, 0.29) is 55.6 Å². The van der Waals surface area contributed by atoms with Gasteiger partial charge in [0.15, 0.2) is 15.6 Å². The van der Waals surface area contributed by atoms with Crippen molar-refractivity contribution < 1.29 is 35.5 Å². The lowest BCUT2D eigenvalue weighted by molar-refractivity contribution is -0.0117. The van der Waals surface area contributed by atoms with Gasteiger partial charge in [-0.25, -0.2) is 31.0 Å². The lowest BCUT2D eigenvalue weighted by Gasteiger charge is -2.38. The van der Waals surface area contributed by atoms with Crippen LogP contribution in [0.4, 0.5) is 17.6 Å². The van der Waals surface area contributed by atoms with E-state index in [0.29, 0.717) is 18.4 Å². The zero-order valence-electron chi connectivity index (χ0n) is 23.8. The molecule has 230 valence electrons. The summed E-state index contributed by atoms with van der Waals surface area (Å²) in [5.74, 6) is -4.31. The highest BCUT2D eigenvalue weighted by Gasteiger charge is 2.41. The molecule has 1 aromatic carbocycles. The van der Waals surface area contributed by atoms with E-state index in [1.165, 1.54) is 12.5 Å². The Balaban J connectivity index is 1.41. The predicted molar refractivity (Wildman–Crippen MR) is 152 cm³/mol. The molecule has 2 aromatic heterocycles. The van der Waals surface area contributed by atoms with E-state index in [2.05, 4.69) is 9.97 Å². The number of alkyl halides is 1. The Kier molecular flexibility index (Phi) is 8.75. The molecule has 43 heavy (non-hydrogen) atoms. The fraction of sp³-hybridized carbons (Fsp3) is 0.452. The summed E-state index contributed by atoms with van der Waals surface area (Å²) >= 11 is 0. The number of benzene rings is 1. The third-order valence-corrected chi connectivity index (χ3v) is 10.4. The molecule has 0 radical (unpaired) electrons. The average molecular weight is 620 g/mol. The van der Waals surface area contributed by atoms with Crippen LogP contribution in [0.5, 0.6) is 0 Å². The third-order valence-electron chi connectivity index (χ3n) is 8.64. The summed E-state index contributed by atoms with van der Waals surface area (Å²) in [7, 11) is -3.35. The zero-order chi connectivity index (χ0) is 31.1. The van der Waals surface area contributed by atoms with E-state index in [4.69, 9.17) is 10.5 Å². The van der Waals surface area contributed by atoms with Crippen molar-refractivity contribution in [3.05, 3.63) is 82.6 Å². The number of ketones is 1. The van der Waals surface area contributed by atoms with Gasteiger partial charge < -0.3 is 10.5 Å². The Morgan fingerprint density at radius 3 is 2.37 bits per heavy atom. The Bertz CT molecular complexity index is 1610. The molecule has 3 heterocycles. The first-order valence-corrected chi connectivity index (χ1v) is 16.1. The highest BCUT2D eigenvalue weighted by Crippen LogP contribution is 2.41. The molecule has 2 N–H and O–H groups in total. The second-order valence-corrected chi connectivity index (χ2v) is 13.9. The number of halogens is 4. The smallest absolute Gasteiger partial charge is 0.185 e. The molecular formula is C31H33F4N3O4S. The molecule has 0 unspecified atom stereocenters. The minimum absolute atomic E-state index is 0.0673. The van der Waals surface area contributed by atoms with Crippen LogP contribution in [0.15, 0.2) is 42.7 Å². The number of carbonyl (C=O) groups is 1. The van der Waals surface area contributed by atoms with Gasteiger partial charge in [0.25, 0.3) is 0 Å². The zero-order valence-corrected chi connectivity index (χ0v) is 24.6. The number of rotatable bonds is 7. The van der Waals surface area contributed by atoms with Crippen LogP contribution in [0.3, 0.4) is 0 Å². The number of aromatic nitrogens is 2. The van der Waals surface area contributed by atoms with Crippen LogP contribution in [-0.2, 0) is 26.7 Å². The van der Waals surface area contributed by atoms with Crippen molar-refractivity contribution in [1.82, 2.24) is 9.97 Å². The van der Waals surface area contributed by atoms with Gasteiger partial charge >= 0.3 is 0 Å². The molecule has 1 saturated heterocycles. The molecule has 0 spiro atoms. The third kappa shape index (κ3) is 6.37. The van der Waals surface area contributed by atoms with Crippen molar-refractivity contribution in [2.45, 2.75) is 61.9 Å². The van der Waals surface area contributed by atoms with Crippen LogP contribution in [0.1, 0.15) is 65.7 Å². The van der Waals surface area contributed by atoms with Gasteiger partial charge in [-0.05, 0) is 71.7 Å². The van der Waals surface area contributed by atoms with E-state index in [0.717, 1.165) is 29.8 Å². The van der Waals surface area contributed by atoms with Crippen LogP contribution < -0.4 is 5.73 Å². The standard InChI is InChI=1S/C31H33F4N3O4S/c1-17-11-18(12-25(36)30(17)43(2,40)41)21-5-8-37-16-19(21)13-27(39)26-4-3-22(32)29(38-26)28-23(33)14-20(15-24(28)34)31(35)6-9-42-10-7-31/h3-5,8,14-18,25,30H,6-7,9-13,36H2,1-2H3/t17-,18+,25+,30-/m0/s1. The van der Waals surface area contributed by atoms with Crippen LogP contribution >= 0.6 is 0 Å². The van der Waals surface area contributed by atoms with Crippen molar-refractivity contribution in [3.63, 3.8) is 0 Å². The molecule has 3 aromatic rings. The largest absolute Gasteiger partial charge is 0.381 e. The molecule has 1 aliphatic heterocycles. The van der Waals surface area contributed by atoms with Gasteiger partial charge in [0.05, 0.1) is 10.8 Å². The fourth-order valence-electron chi connectivity index (χ4n) is 6.62. The van der Waals surface area contributed by atoms with Crippen LogP contribution in [-0.4, -0.2) is 54.9 Å². The number of pyridine rings is 2. The fourth-order valence-corrected chi connectivity index (χ4v) is 8.32. The molecule has 4 atom stereocenters. The number of Topliss-reactive ketones (excluding diaryl/α,β-unsaturated/α-hetero) is 1. The molecule has 12 heteroatoms. The molecule has 5 rings (SSSR count). The molecule has 1 aliphatic carbocycles. The highest BCUT2D eigenvalue weighted by atomic mass is 32.2. The molecule has 0 amide bonds. The summed E-state index contributed by atoms with van der Waals surface area (Å²) in [5, 5.41) is -0.667. The highest BCUT2D eigenvalue weighted by molar-refractivity contribution is 7.91. The van der Waals surface area contributed by atoms with Crippen molar-refractivity contribution in [2.75, 3.05) is 19.5 Å². The van der Waals surface area contributed by atoms with Gasteiger partial charge in [-0.15, -0.1) is 0 Å². The predicted octanol–water partition coefficient (Wildman–Crippen LogP) is 5.22. The number of sulfone groups is 1. The maximum atomic E-state index is 15.3. The summed E-state index contributed by atoms with van der Waals surface area (Å²) in [6, 6.07) is 4.90.